The Labute approximate surface area is 116 Å². The van der Waals surface area contributed by atoms with Crippen molar-refractivity contribution in [2.24, 2.45) is 5.92 Å². The zero-order valence-corrected chi connectivity index (χ0v) is 12.3. The minimum absolute atomic E-state index is 0.0860. The lowest BCUT2D eigenvalue weighted by Gasteiger charge is -2.22. The van der Waals surface area contributed by atoms with E-state index in [1.807, 2.05) is 31.3 Å². The number of amides is 1. The third kappa shape index (κ3) is 3.12. The molecule has 0 radical (unpaired) electrons. The van der Waals surface area contributed by atoms with Gasteiger partial charge in [-0.2, -0.15) is 0 Å². The van der Waals surface area contributed by atoms with Crippen LogP contribution in [0, 0.1) is 5.92 Å². The molecule has 0 saturated carbocycles. The first-order valence-electron chi connectivity index (χ1n) is 6.19. The van der Waals surface area contributed by atoms with E-state index in [1.54, 1.807) is 4.90 Å². The molecule has 1 fully saturated rings. The van der Waals surface area contributed by atoms with E-state index in [1.165, 1.54) is 0 Å². The van der Waals surface area contributed by atoms with Crippen LogP contribution in [-0.4, -0.2) is 30.6 Å². The summed E-state index contributed by atoms with van der Waals surface area (Å²) in [5.41, 5.74) is 1.12. The molecule has 1 aromatic rings. The zero-order valence-electron chi connectivity index (χ0n) is 10.7. The highest BCUT2D eigenvalue weighted by atomic mass is 79.9. The van der Waals surface area contributed by atoms with Gasteiger partial charge in [-0.25, -0.2) is 0 Å². The molecular weight excluding hydrogens is 294 g/mol. The maximum atomic E-state index is 12.2. The van der Waals surface area contributed by atoms with E-state index in [0.29, 0.717) is 19.1 Å². The first kappa shape index (κ1) is 13.6. The van der Waals surface area contributed by atoms with Crippen molar-refractivity contribution in [2.75, 3.05) is 13.7 Å². The number of carbonyl (C=O) groups is 1. The van der Waals surface area contributed by atoms with Gasteiger partial charge in [0.2, 0.25) is 0 Å². The smallest absolute Gasteiger partial charge is 0.252 e. The van der Waals surface area contributed by atoms with Crippen molar-refractivity contribution < 1.29 is 9.53 Å². The maximum absolute atomic E-state index is 12.2. The van der Waals surface area contributed by atoms with Gasteiger partial charge in [0.05, 0.1) is 0 Å². The van der Waals surface area contributed by atoms with Gasteiger partial charge in [0.1, 0.15) is 6.10 Å². The van der Waals surface area contributed by atoms with E-state index < -0.39 is 0 Å². The van der Waals surface area contributed by atoms with E-state index in [9.17, 15) is 4.79 Å². The first-order chi connectivity index (χ1) is 8.58. The third-order valence-corrected chi connectivity index (χ3v) is 3.87. The highest BCUT2D eigenvalue weighted by Gasteiger charge is 2.32. The van der Waals surface area contributed by atoms with E-state index >= 15 is 0 Å². The molecule has 18 heavy (non-hydrogen) atoms. The number of hydrogen-bond acceptors (Lipinski definition) is 2. The number of likely N-dealkylation sites (N-methyl/N-ethyl adjacent to an activating group) is 1. The summed E-state index contributed by atoms with van der Waals surface area (Å²) < 4.78 is 6.56. The number of carbonyl (C=O) groups excluding carboxylic acids is 1. The quantitative estimate of drug-likeness (QED) is 0.859. The topological polar surface area (TPSA) is 29.5 Å². The van der Waals surface area contributed by atoms with Crippen LogP contribution in [0.1, 0.15) is 18.9 Å². The fourth-order valence-corrected chi connectivity index (χ4v) is 2.43. The molecule has 1 aliphatic rings. The van der Waals surface area contributed by atoms with Crippen molar-refractivity contribution in [1.82, 2.24) is 4.90 Å². The SMILES string of the molecule is CC1CCOC1C(=O)N(C)Cc1ccc(Br)cc1. The summed E-state index contributed by atoms with van der Waals surface area (Å²) >= 11 is 3.40. The molecule has 0 aliphatic carbocycles. The molecule has 98 valence electrons. The largest absolute Gasteiger partial charge is 0.368 e. The Balaban J connectivity index is 1.97. The molecule has 0 aromatic heterocycles. The Hall–Kier alpha value is -0.870. The highest BCUT2D eigenvalue weighted by molar-refractivity contribution is 9.10. The Morgan fingerprint density at radius 1 is 1.44 bits per heavy atom. The van der Waals surface area contributed by atoms with Crippen molar-refractivity contribution in [3.63, 3.8) is 0 Å². The molecule has 2 rings (SSSR count). The van der Waals surface area contributed by atoms with Crippen molar-refractivity contribution in [1.29, 1.82) is 0 Å². The van der Waals surface area contributed by atoms with Crippen LogP contribution in [0.3, 0.4) is 0 Å². The van der Waals surface area contributed by atoms with Crippen LogP contribution >= 0.6 is 15.9 Å². The van der Waals surface area contributed by atoms with Gasteiger partial charge in [0, 0.05) is 24.7 Å². The molecule has 0 bridgehead atoms. The Kier molecular flexibility index (Phi) is 4.40. The lowest BCUT2D eigenvalue weighted by Crippen LogP contribution is -2.38. The van der Waals surface area contributed by atoms with Gasteiger partial charge < -0.3 is 9.64 Å². The second-order valence-corrected chi connectivity index (χ2v) is 5.79. The highest BCUT2D eigenvalue weighted by Crippen LogP contribution is 2.22. The predicted octanol–water partition coefficient (Wildman–Crippen LogP) is 2.83. The van der Waals surface area contributed by atoms with Crippen LogP contribution in [0.15, 0.2) is 28.7 Å². The molecule has 0 spiro atoms. The molecule has 4 heteroatoms. The summed E-state index contributed by atoms with van der Waals surface area (Å²) in [6.45, 7) is 3.39. The molecule has 1 aliphatic heterocycles. The summed E-state index contributed by atoms with van der Waals surface area (Å²) in [6, 6.07) is 8.02. The number of hydrogen-bond donors (Lipinski definition) is 0. The van der Waals surface area contributed by atoms with Crippen LogP contribution in [0.5, 0.6) is 0 Å². The molecule has 1 aromatic carbocycles. The van der Waals surface area contributed by atoms with E-state index in [-0.39, 0.29) is 12.0 Å². The van der Waals surface area contributed by atoms with Gasteiger partial charge in [-0.3, -0.25) is 4.79 Å². The van der Waals surface area contributed by atoms with E-state index in [2.05, 4.69) is 22.9 Å². The van der Waals surface area contributed by atoms with Gasteiger partial charge in [-0.1, -0.05) is 35.0 Å². The van der Waals surface area contributed by atoms with Crippen LogP contribution in [-0.2, 0) is 16.1 Å². The van der Waals surface area contributed by atoms with Crippen molar-refractivity contribution >= 4 is 21.8 Å². The van der Waals surface area contributed by atoms with Gasteiger partial charge in [-0.15, -0.1) is 0 Å². The van der Waals surface area contributed by atoms with Crippen molar-refractivity contribution in [2.45, 2.75) is 26.0 Å². The van der Waals surface area contributed by atoms with Crippen molar-refractivity contribution in [3.05, 3.63) is 34.3 Å². The average Bonchev–Trinajstić information content (AvgIpc) is 2.77. The second-order valence-electron chi connectivity index (χ2n) is 4.88. The van der Waals surface area contributed by atoms with Crippen LogP contribution in [0.4, 0.5) is 0 Å². The van der Waals surface area contributed by atoms with Gasteiger partial charge in [-0.05, 0) is 30.0 Å². The standard InChI is InChI=1S/C14H18BrNO2/c1-10-7-8-18-13(10)14(17)16(2)9-11-3-5-12(15)6-4-11/h3-6,10,13H,7-9H2,1-2H3. The van der Waals surface area contributed by atoms with Gasteiger partial charge in [0.15, 0.2) is 0 Å². The maximum Gasteiger partial charge on any atom is 0.252 e. The molecule has 2 atom stereocenters. The summed E-state index contributed by atoms with van der Waals surface area (Å²) in [4.78, 5) is 14.0. The van der Waals surface area contributed by atoms with Crippen LogP contribution in [0.2, 0.25) is 0 Å². The minimum atomic E-state index is -0.259. The fourth-order valence-electron chi connectivity index (χ4n) is 2.17. The number of nitrogens with zero attached hydrogens (tertiary/aromatic N) is 1. The normalized spacial score (nSPS) is 23.1. The van der Waals surface area contributed by atoms with E-state index in [0.717, 1.165) is 16.5 Å². The summed E-state index contributed by atoms with van der Waals surface area (Å²) in [5, 5.41) is 0. The monoisotopic (exact) mass is 311 g/mol. The fraction of sp³-hybridized carbons (Fsp3) is 0.500. The summed E-state index contributed by atoms with van der Waals surface area (Å²) in [7, 11) is 1.83. The molecule has 1 heterocycles. The zero-order chi connectivity index (χ0) is 13.1. The van der Waals surface area contributed by atoms with Crippen LogP contribution < -0.4 is 0 Å². The summed E-state index contributed by atoms with van der Waals surface area (Å²) in [6.07, 6.45) is 0.716. The number of ether oxygens (including phenoxy) is 1. The van der Waals surface area contributed by atoms with Gasteiger partial charge in [0.25, 0.3) is 5.91 Å². The third-order valence-electron chi connectivity index (χ3n) is 3.34. The number of rotatable bonds is 3. The minimum Gasteiger partial charge on any atom is -0.368 e. The number of benzene rings is 1. The molecular formula is C14H18BrNO2. The molecule has 1 amide bonds. The van der Waals surface area contributed by atoms with E-state index in [4.69, 9.17) is 4.74 Å². The summed E-state index contributed by atoms with van der Waals surface area (Å²) in [5.74, 6) is 0.410. The lowest BCUT2D eigenvalue weighted by molar-refractivity contribution is -0.141. The van der Waals surface area contributed by atoms with Crippen LogP contribution in [0.25, 0.3) is 0 Å². The second kappa shape index (κ2) is 5.85. The molecule has 1 saturated heterocycles. The first-order valence-corrected chi connectivity index (χ1v) is 6.98. The molecule has 0 N–H and O–H groups in total. The Morgan fingerprint density at radius 3 is 2.67 bits per heavy atom. The number of halogens is 1. The predicted molar refractivity (Wildman–Crippen MR) is 74.1 cm³/mol. The molecule has 3 nitrogen and oxygen atoms in total. The molecule has 2 unspecified atom stereocenters. The Bertz CT molecular complexity index is 418. The van der Waals surface area contributed by atoms with Gasteiger partial charge >= 0.3 is 0 Å². The van der Waals surface area contributed by atoms with Crippen molar-refractivity contribution in [3.8, 4) is 0 Å². The lowest BCUT2D eigenvalue weighted by atomic mass is 10.0. The average molecular weight is 312 g/mol. The Morgan fingerprint density at radius 2 is 2.11 bits per heavy atom.